The molecule has 0 heterocycles. The number of aliphatic hydroxyl groups excluding tert-OH is 1. The fourth-order valence-corrected chi connectivity index (χ4v) is 1.90. The molecule has 0 fully saturated rings. The van der Waals surface area contributed by atoms with Crippen molar-refractivity contribution in [3.63, 3.8) is 0 Å². The Labute approximate surface area is 108 Å². The zero-order valence-electron chi connectivity index (χ0n) is 11.5. The van der Waals surface area contributed by atoms with E-state index in [-0.39, 0.29) is 0 Å². The Hall–Kier alpha value is -0.560. The molecular weight excluding hydrogens is 208 g/mol. The minimum absolute atomic E-state index is 0.362. The summed E-state index contributed by atoms with van der Waals surface area (Å²) in [7, 11) is 0. The molecule has 0 aliphatic heterocycles. The van der Waals surface area contributed by atoms with Gasteiger partial charge >= 0.3 is 0 Å². The smallest absolute Gasteiger partial charge is 0.0431 e. The van der Waals surface area contributed by atoms with E-state index in [4.69, 9.17) is 5.11 Å². The van der Waals surface area contributed by atoms with Crippen LogP contribution in [0.2, 0.25) is 0 Å². The van der Waals surface area contributed by atoms with Gasteiger partial charge in [0.25, 0.3) is 0 Å². The third kappa shape index (κ3) is 15.4. The molecule has 0 aliphatic rings. The highest BCUT2D eigenvalue weighted by Crippen LogP contribution is 2.10. The Bertz CT molecular complexity index is 182. The molecule has 1 heteroatoms. The topological polar surface area (TPSA) is 20.2 Å². The molecule has 1 N–H and O–H groups in total. The van der Waals surface area contributed by atoms with Gasteiger partial charge in [-0.1, -0.05) is 69.2 Å². The first-order chi connectivity index (χ1) is 8.41. The average molecular weight is 238 g/mol. The molecule has 17 heavy (non-hydrogen) atoms. The van der Waals surface area contributed by atoms with Crippen LogP contribution >= 0.6 is 0 Å². The van der Waals surface area contributed by atoms with Crippen molar-refractivity contribution in [3.05, 3.63) is 24.3 Å². The molecule has 0 aromatic carbocycles. The van der Waals surface area contributed by atoms with E-state index in [0.29, 0.717) is 6.61 Å². The van der Waals surface area contributed by atoms with Crippen LogP contribution in [0.25, 0.3) is 0 Å². The van der Waals surface area contributed by atoms with Gasteiger partial charge in [-0.05, 0) is 26.2 Å². The molecule has 0 amide bonds. The number of hydrogen-bond acceptors (Lipinski definition) is 1. The van der Waals surface area contributed by atoms with Crippen molar-refractivity contribution < 1.29 is 5.11 Å². The molecule has 0 aromatic rings. The van der Waals surface area contributed by atoms with Crippen LogP contribution < -0.4 is 0 Å². The fourth-order valence-electron chi connectivity index (χ4n) is 1.90. The fraction of sp³-hybridized carbons (Fsp3) is 0.750. The zero-order chi connectivity index (χ0) is 12.6. The van der Waals surface area contributed by atoms with Crippen LogP contribution in [0.5, 0.6) is 0 Å². The molecule has 0 atom stereocenters. The third-order valence-electron chi connectivity index (χ3n) is 2.97. The molecule has 0 saturated heterocycles. The van der Waals surface area contributed by atoms with E-state index in [9.17, 15) is 0 Å². The molecule has 0 radical (unpaired) electrons. The maximum Gasteiger partial charge on any atom is 0.0431 e. The van der Waals surface area contributed by atoms with E-state index in [1.165, 1.54) is 57.8 Å². The van der Waals surface area contributed by atoms with Crippen molar-refractivity contribution >= 4 is 0 Å². The van der Waals surface area contributed by atoms with Gasteiger partial charge in [0.15, 0.2) is 0 Å². The molecule has 0 aliphatic carbocycles. The van der Waals surface area contributed by atoms with E-state index in [1.54, 1.807) is 0 Å². The summed E-state index contributed by atoms with van der Waals surface area (Å²) in [6.07, 6.45) is 21.5. The Morgan fingerprint density at radius 1 is 0.706 bits per heavy atom. The SMILES string of the molecule is C/C=C/C=C/CCCCCCCCCCCO. The van der Waals surface area contributed by atoms with Gasteiger partial charge in [0.2, 0.25) is 0 Å². The first-order valence-corrected chi connectivity index (χ1v) is 7.30. The van der Waals surface area contributed by atoms with Crippen molar-refractivity contribution in [1.82, 2.24) is 0 Å². The third-order valence-corrected chi connectivity index (χ3v) is 2.97. The average Bonchev–Trinajstić information content (AvgIpc) is 2.35. The number of rotatable bonds is 12. The summed E-state index contributed by atoms with van der Waals surface area (Å²) in [6, 6.07) is 0. The number of allylic oxidation sites excluding steroid dienone is 4. The summed E-state index contributed by atoms with van der Waals surface area (Å²) in [5, 5.41) is 8.63. The highest BCUT2D eigenvalue weighted by molar-refractivity contribution is 5.00. The lowest BCUT2D eigenvalue weighted by atomic mass is 10.1. The minimum atomic E-state index is 0.362. The van der Waals surface area contributed by atoms with Gasteiger partial charge in [0, 0.05) is 6.61 Å². The summed E-state index contributed by atoms with van der Waals surface area (Å²) in [6.45, 7) is 2.41. The van der Waals surface area contributed by atoms with Gasteiger partial charge in [0.05, 0.1) is 0 Å². The predicted octanol–water partition coefficient (Wildman–Crippen LogP) is 5.01. The first kappa shape index (κ1) is 16.4. The maximum absolute atomic E-state index is 8.63. The van der Waals surface area contributed by atoms with E-state index in [1.807, 2.05) is 6.92 Å². The van der Waals surface area contributed by atoms with E-state index in [2.05, 4.69) is 24.3 Å². The van der Waals surface area contributed by atoms with Crippen LogP contribution in [0.3, 0.4) is 0 Å². The van der Waals surface area contributed by atoms with Crippen molar-refractivity contribution in [2.24, 2.45) is 0 Å². The zero-order valence-corrected chi connectivity index (χ0v) is 11.5. The predicted molar refractivity (Wildman–Crippen MR) is 77.2 cm³/mol. The van der Waals surface area contributed by atoms with Crippen LogP contribution in [0, 0.1) is 0 Å². The quantitative estimate of drug-likeness (QED) is 0.374. The van der Waals surface area contributed by atoms with Gasteiger partial charge in [0.1, 0.15) is 0 Å². The van der Waals surface area contributed by atoms with E-state index in [0.717, 1.165) is 6.42 Å². The Balaban J connectivity index is 2.98. The second-order valence-corrected chi connectivity index (χ2v) is 4.65. The van der Waals surface area contributed by atoms with Gasteiger partial charge in [-0.15, -0.1) is 0 Å². The van der Waals surface area contributed by atoms with Gasteiger partial charge < -0.3 is 5.11 Å². The number of aliphatic hydroxyl groups is 1. The molecule has 0 bridgehead atoms. The summed E-state index contributed by atoms with van der Waals surface area (Å²) in [4.78, 5) is 0. The number of hydrogen-bond donors (Lipinski definition) is 1. The molecule has 0 unspecified atom stereocenters. The normalized spacial score (nSPS) is 11.9. The van der Waals surface area contributed by atoms with Crippen molar-refractivity contribution in [2.45, 2.75) is 71.1 Å². The van der Waals surface area contributed by atoms with Gasteiger partial charge in [-0.2, -0.15) is 0 Å². The van der Waals surface area contributed by atoms with Crippen LogP contribution in [-0.4, -0.2) is 11.7 Å². The molecule has 0 spiro atoms. The summed E-state index contributed by atoms with van der Waals surface area (Å²) in [5.41, 5.74) is 0. The maximum atomic E-state index is 8.63. The highest BCUT2D eigenvalue weighted by atomic mass is 16.2. The first-order valence-electron chi connectivity index (χ1n) is 7.30. The molecule has 0 rings (SSSR count). The molecule has 0 saturated carbocycles. The minimum Gasteiger partial charge on any atom is -0.396 e. The summed E-state index contributed by atoms with van der Waals surface area (Å²) < 4.78 is 0. The monoisotopic (exact) mass is 238 g/mol. The number of unbranched alkanes of at least 4 members (excludes halogenated alkanes) is 9. The van der Waals surface area contributed by atoms with Gasteiger partial charge in [-0.25, -0.2) is 0 Å². The lowest BCUT2D eigenvalue weighted by Crippen LogP contribution is -1.84. The lowest BCUT2D eigenvalue weighted by molar-refractivity contribution is 0.282. The van der Waals surface area contributed by atoms with Crippen molar-refractivity contribution in [1.29, 1.82) is 0 Å². The summed E-state index contributed by atoms with van der Waals surface area (Å²) >= 11 is 0. The molecule has 0 aromatic heterocycles. The van der Waals surface area contributed by atoms with E-state index >= 15 is 0 Å². The van der Waals surface area contributed by atoms with Crippen LogP contribution in [0.15, 0.2) is 24.3 Å². The highest BCUT2D eigenvalue weighted by Gasteiger charge is 1.91. The Morgan fingerprint density at radius 3 is 1.76 bits per heavy atom. The second-order valence-electron chi connectivity index (χ2n) is 4.65. The molecular formula is C16H30O. The molecule has 1 nitrogen and oxygen atoms in total. The van der Waals surface area contributed by atoms with Gasteiger partial charge in [-0.3, -0.25) is 0 Å². The Kier molecular flexibility index (Phi) is 14.9. The summed E-state index contributed by atoms with van der Waals surface area (Å²) in [5.74, 6) is 0. The van der Waals surface area contributed by atoms with Crippen molar-refractivity contribution in [3.8, 4) is 0 Å². The van der Waals surface area contributed by atoms with E-state index < -0.39 is 0 Å². The van der Waals surface area contributed by atoms with Crippen molar-refractivity contribution in [2.75, 3.05) is 6.61 Å². The standard InChI is InChI=1S/C16H30O/c1-2-3-4-5-6-7-8-9-10-11-12-13-14-15-16-17/h2-5,17H,6-16H2,1H3/b3-2+,5-4+. The second kappa shape index (κ2) is 15.4. The Morgan fingerprint density at radius 2 is 1.24 bits per heavy atom. The van der Waals surface area contributed by atoms with Crippen LogP contribution in [-0.2, 0) is 0 Å². The largest absolute Gasteiger partial charge is 0.396 e. The molecule has 100 valence electrons. The lowest BCUT2D eigenvalue weighted by Gasteiger charge is -2.00. The van der Waals surface area contributed by atoms with Crippen LogP contribution in [0.4, 0.5) is 0 Å². The van der Waals surface area contributed by atoms with Crippen LogP contribution in [0.1, 0.15) is 71.1 Å².